The average Bonchev–Trinajstić information content (AvgIpc) is 3.19. The van der Waals surface area contributed by atoms with Crippen molar-refractivity contribution in [2.24, 2.45) is 4.99 Å². The molecule has 0 fully saturated rings. The van der Waals surface area contributed by atoms with Gasteiger partial charge in [0.1, 0.15) is 5.75 Å². The summed E-state index contributed by atoms with van der Waals surface area (Å²) in [5.74, 6) is 1.28. The lowest BCUT2D eigenvalue weighted by atomic mass is 9.95. The number of hydrogen-bond acceptors (Lipinski definition) is 8. The minimum absolute atomic E-state index is 0.0552. The fourth-order valence-electron chi connectivity index (χ4n) is 4.44. The van der Waals surface area contributed by atoms with Crippen LogP contribution >= 0.6 is 56.5 Å². The van der Waals surface area contributed by atoms with Crippen molar-refractivity contribution in [1.82, 2.24) is 4.57 Å². The monoisotopic (exact) mass is 788 g/mol. The molecule has 3 aromatic rings. The number of hydrogen-bond donors (Lipinski definition) is 0. The summed E-state index contributed by atoms with van der Waals surface area (Å²) in [5, 5.41) is 0. The van der Waals surface area contributed by atoms with E-state index < -0.39 is 12.0 Å². The Kier molecular flexibility index (Phi) is 9.98. The first-order valence-corrected chi connectivity index (χ1v) is 15.7. The molecule has 1 aliphatic rings. The zero-order valence-corrected chi connectivity index (χ0v) is 28.2. The Morgan fingerprint density at radius 2 is 1.90 bits per heavy atom. The number of halogens is 2. The minimum Gasteiger partial charge on any atom is -0.493 e. The smallest absolute Gasteiger partial charge is 0.338 e. The van der Waals surface area contributed by atoms with Crippen LogP contribution in [0.1, 0.15) is 51.8 Å². The van der Waals surface area contributed by atoms with Crippen LogP contribution in [-0.4, -0.2) is 37.0 Å². The van der Waals surface area contributed by atoms with Crippen LogP contribution in [0.25, 0.3) is 6.08 Å². The highest BCUT2D eigenvalue weighted by molar-refractivity contribution is 14.1. The maximum Gasteiger partial charge on any atom is 0.338 e. The van der Waals surface area contributed by atoms with Crippen molar-refractivity contribution < 1.29 is 23.7 Å². The summed E-state index contributed by atoms with van der Waals surface area (Å²) < 4.78 is 26.9. The Morgan fingerprint density at radius 3 is 2.55 bits per heavy atom. The van der Waals surface area contributed by atoms with Gasteiger partial charge in [0, 0.05) is 9.13 Å². The fourth-order valence-corrected chi connectivity index (χ4v) is 7.52. The molecule has 0 radical (unpaired) electrons. The van der Waals surface area contributed by atoms with E-state index in [-0.39, 0.29) is 18.3 Å². The minimum atomic E-state index is -0.762. The number of methoxy groups -OCH3 is 1. The molecule has 2 aromatic carbocycles. The second kappa shape index (κ2) is 13.1. The third-order valence-electron chi connectivity index (χ3n) is 6.00. The van der Waals surface area contributed by atoms with Gasteiger partial charge in [0.05, 0.1) is 51.8 Å². The molecular formula is C29H30I2N2O6S. The van der Waals surface area contributed by atoms with Crippen LogP contribution in [0.3, 0.4) is 0 Å². The standard InChI is InChI=1S/C29H30I2N2O6S/c1-7-37-26-18(11-19(30)14-20(26)31)13-23-27(34)33-25(17-9-10-21(39-15(3)4)22(12-17)36-6)24(28(35)38-8-2)16(5)32-29(33)40-23/h9-15,25H,7-8H2,1-6H3/b23-13+/t25-/m0/s1. The number of nitrogens with zero attached hydrogens (tertiary/aromatic N) is 2. The van der Waals surface area contributed by atoms with E-state index in [4.69, 9.17) is 18.9 Å². The molecule has 2 heterocycles. The maximum atomic E-state index is 14.0. The van der Waals surface area contributed by atoms with Gasteiger partial charge >= 0.3 is 5.97 Å². The number of carbonyl (C=O) groups excluding carboxylic acids is 1. The summed E-state index contributed by atoms with van der Waals surface area (Å²) in [5.41, 5.74) is 2.02. The number of ether oxygens (including phenoxy) is 4. The van der Waals surface area contributed by atoms with Crippen molar-refractivity contribution in [3.8, 4) is 17.2 Å². The van der Waals surface area contributed by atoms with Crippen molar-refractivity contribution in [3.63, 3.8) is 0 Å². The van der Waals surface area contributed by atoms with Crippen LogP contribution in [0.4, 0.5) is 0 Å². The van der Waals surface area contributed by atoms with Crippen LogP contribution in [0, 0.1) is 7.14 Å². The van der Waals surface area contributed by atoms with Gasteiger partial charge in [-0.05, 0) is 116 Å². The molecule has 11 heteroatoms. The first-order chi connectivity index (χ1) is 19.1. The molecule has 0 bridgehead atoms. The lowest BCUT2D eigenvalue weighted by molar-refractivity contribution is -0.139. The van der Waals surface area contributed by atoms with Crippen LogP contribution in [-0.2, 0) is 9.53 Å². The van der Waals surface area contributed by atoms with E-state index in [1.807, 2.05) is 45.0 Å². The van der Waals surface area contributed by atoms with Crippen molar-refractivity contribution in [2.75, 3.05) is 20.3 Å². The van der Waals surface area contributed by atoms with E-state index in [1.54, 1.807) is 37.7 Å². The van der Waals surface area contributed by atoms with E-state index in [0.717, 1.165) is 18.5 Å². The predicted octanol–water partition coefficient (Wildman–Crippen LogP) is 5.20. The Morgan fingerprint density at radius 1 is 1.15 bits per heavy atom. The molecule has 212 valence electrons. The lowest BCUT2D eigenvalue weighted by Crippen LogP contribution is -2.40. The van der Waals surface area contributed by atoms with E-state index in [2.05, 4.69) is 50.2 Å². The normalized spacial score (nSPS) is 15.1. The third kappa shape index (κ3) is 6.25. The number of esters is 1. The van der Waals surface area contributed by atoms with E-state index in [1.165, 1.54) is 11.3 Å². The summed E-state index contributed by atoms with van der Waals surface area (Å²) in [6.07, 6.45) is 1.78. The van der Waals surface area contributed by atoms with Crippen LogP contribution in [0.15, 0.2) is 51.4 Å². The number of carbonyl (C=O) groups is 1. The zero-order valence-electron chi connectivity index (χ0n) is 23.0. The Bertz CT molecular complexity index is 1660. The van der Waals surface area contributed by atoms with Gasteiger partial charge < -0.3 is 18.9 Å². The number of rotatable bonds is 9. The molecule has 1 aliphatic heterocycles. The molecule has 0 saturated heterocycles. The summed E-state index contributed by atoms with van der Waals surface area (Å²) in [4.78, 5) is 32.4. The third-order valence-corrected chi connectivity index (χ3v) is 8.40. The first kappa shape index (κ1) is 30.6. The van der Waals surface area contributed by atoms with Crippen molar-refractivity contribution in [3.05, 3.63) is 79.6 Å². The largest absolute Gasteiger partial charge is 0.493 e. The maximum absolute atomic E-state index is 14.0. The van der Waals surface area contributed by atoms with Gasteiger partial charge in [0.25, 0.3) is 5.56 Å². The quantitative estimate of drug-likeness (QED) is 0.219. The topological polar surface area (TPSA) is 88.4 Å². The zero-order chi connectivity index (χ0) is 29.1. The van der Waals surface area contributed by atoms with E-state index in [9.17, 15) is 9.59 Å². The summed E-state index contributed by atoms with van der Waals surface area (Å²) in [7, 11) is 1.56. The van der Waals surface area contributed by atoms with Gasteiger partial charge in [-0.3, -0.25) is 9.36 Å². The lowest BCUT2D eigenvalue weighted by Gasteiger charge is -2.25. The number of thiazole rings is 1. The fraction of sp³-hybridized carbons (Fsp3) is 0.345. The number of aromatic nitrogens is 1. The molecule has 0 saturated carbocycles. The number of allylic oxidation sites excluding steroid dienone is 1. The van der Waals surface area contributed by atoms with Crippen molar-refractivity contribution >= 4 is 68.6 Å². The highest BCUT2D eigenvalue weighted by Crippen LogP contribution is 2.36. The van der Waals surface area contributed by atoms with Crippen LogP contribution in [0.2, 0.25) is 0 Å². The van der Waals surface area contributed by atoms with Gasteiger partial charge in [-0.25, -0.2) is 9.79 Å². The summed E-state index contributed by atoms with van der Waals surface area (Å²) in [6, 6.07) is 8.69. The first-order valence-electron chi connectivity index (χ1n) is 12.8. The molecule has 0 aliphatic carbocycles. The number of fused-ring (bicyclic) bond motifs is 1. The summed E-state index contributed by atoms with van der Waals surface area (Å²) >= 11 is 5.77. The SMILES string of the molecule is CCOC(=O)C1=C(C)N=c2s/c(=C/c3cc(I)cc(I)c3OCC)c(=O)n2[C@H]1c1ccc(OC(C)C)c(OC)c1. The van der Waals surface area contributed by atoms with E-state index >= 15 is 0 Å². The Balaban J connectivity index is 1.97. The molecule has 0 unspecified atom stereocenters. The molecule has 0 N–H and O–H groups in total. The van der Waals surface area contributed by atoms with Crippen molar-refractivity contribution in [2.45, 2.75) is 46.8 Å². The molecule has 0 amide bonds. The predicted molar refractivity (Wildman–Crippen MR) is 172 cm³/mol. The molecule has 8 nitrogen and oxygen atoms in total. The summed E-state index contributed by atoms with van der Waals surface area (Å²) in [6.45, 7) is 10.00. The highest BCUT2D eigenvalue weighted by Gasteiger charge is 2.34. The van der Waals surface area contributed by atoms with Gasteiger partial charge in [0.2, 0.25) is 0 Å². The van der Waals surface area contributed by atoms with Gasteiger partial charge in [0.15, 0.2) is 16.3 Å². The molecule has 1 aromatic heterocycles. The van der Waals surface area contributed by atoms with Gasteiger partial charge in [-0.1, -0.05) is 17.4 Å². The Labute approximate surface area is 264 Å². The van der Waals surface area contributed by atoms with Gasteiger partial charge in [-0.2, -0.15) is 0 Å². The highest BCUT2D eigenvalue weighted by atomic mass is 127. The van der Waals surface area contributed by atoms with Crippen molar-refractivity contribution in [1.29, 1.82) is 0 Å². The molecular weight excluding hydrogens is 758 g/mol. The second-order valence-corrected chi connectivity index (χ2v) is 12.5. The molecule has 0 spiro atoms. The average molecular weight is 788 g/mol. The second-order valence-electron chi connectivity index (χ2n) is 9.12. The van der Waals surface area contributed by atoms with Crippen LogP contribution in [0.5, 0.6) is 17.2 Å². The molecule has 4 rings (SSSR count). The van der Waals surface area contributed by atoms with Crippen LogP contribution < -0.4 is 29.1 Å². The Hall–Kier alpha value is -2.39. The van der Waals surface area contributed by atoms with E-state index in [0.29, 0.717) is 44.3 Å². The number of benzene rings is 2. The molecule has 1 atom stereocenters. The molecule has 40 heavy (non-hydrogen) atoms. The van der Waals surface area contributed by atoms with Gasteiger partial charge in [-0.15, -0.1) is 0 Å².